The van der Waals surface area contributed by atoms with Crippen LogP contribution in [0, 0.1) is 5.41 Å². The highest BCUT2D eigenvalue weighted by molar-refractivity contribution is 5.97. The standard InChI is InChI=1S/C21H25NO3/c1-4-13-25-19(23)17-11-8-12-18(14-17)22-20(24)21(2,3)15-16-9-6-5-7-10-16/h5-12,14H,4,13,15H2,1-3H3,(H,22,24). The first-order chi connectivity index (χ1) is 11.9. The zero-order valence-corrected chi connectivity index (χ0v) is 15.0. The van der Waals surface area contributed by atoms with Gasteiger partial charge in [0, 0.05) is 11.1 Å². The normalized spacial score (nSPS) is 11.0. The second-order valence-corrected chi connectivity index (χ2v) is 6.72. The molecule has 4 nitrogen and oxygen atoms in total. The quantitative estimate of drug-likeness (QED) is 0.758. The fourth-order valence-corrected chi connectivity index (χ4v) is 2.49. The highest BCUT2D eigenvalue weighted by Gasteiger charge is 2.28. The summed E-state index contributed by atoms with van der Waals surface area (Å²) in [5, 5.41) is 2.91. The maximum Gasteiger partial charge on any atom is 0.338 e. The third-order valence-electron chi connectivity index (χ3n) is 3.90. The molecule has 0 heterocycles. The number of carbonyl (C=O) groups excluding carboxylic acids is 2. The van der Waals surface area contributed by atoms with E-state index in [-0.39, 0.29) is 11.9 Å². The molecule has 0 aliphatic rings. The monoisotopic (exact) mass is 339 g/mol. The number of benzene rings is 2. The summed E-state index contributed by atoms with van der Waals surface area (Å²) in [5.74, 6) is -0.461. The fraction of sp³-hybridized carbons (Fsp3) is 0.333. The first-order valence-corrected chi connectivity index (χ1v) is 8.55. The number of hydrogen-bond donors (Lipinski definition) is 1. The van der Waals surface area contributed by atoms with Gasteiger partial charge in [-0.3, -0.25) is 4.79 Å². The lowest BCUT2D eigenvalue weighted by atomic mass is 9.84. The van der Waals surface area contributed by atoms with E-state index in [9.17, 15) is 9.59 Å². The third kappa shape index (κ3) is 5.45. The number of rotatable bonds is 7. The van der Waals surface area contributed by atoms with E-state index in [1.54, 1.807) is 24.3 Å². The summed E-state index contributed by atoms with van der Waals surface area (Å²) < 4.78 is 5.13. The van der Waals surface area contributed by atoms with Gasteiger partial charge in [-0.15, -0.1) is 0 Å². The summed E-state index contributed by atoms with van der Waals surface area (Å²) in [6.07, 6.45) is 1.41. The zero-order chi connectivity index (χ0) is 18.3. The second kappa shape index (κ2) is 8.47. The minimum Gasteiger partial charge on any atom is -0.462 e. The highest BCUT2D eigenvalue weighted by Crippen LogP contribution is 2.24. The molecule has 0 atom stereocenters. The Morgan fingerprint density at radius 2 is 1.76 bits per heavy atom. The average molecular weight is 339 g/mol. The predicted octanol–water partition coefficient (Wildman–Crippen LogP) is 4.46. The van der Waals surface area contributed by atoms with Gasteiger partial charge in [0.1, 0.15) is 0 Å². The van der Waals surface area contributed by atoms with Gasteiger partial charge in [-0.2, -0.15) is 0 Å². The third-order valence-corrected chi connectivity index (χ3v) is 3.90. The Balaban J connectivity index is 2.05. The molecule has 132 valence electrons. The lowest BCUT2D eigenvalue weighted by Crippen LogP contribution is -2.32. The summed E-state index contributed by atoms with van der Waals surface area (Å²) in [4.78, 5) is 24.6. The van der Waals surface area contributed by atoms with Gasteiger partial charge in [0.25, 0.3) is 0 Å². The Hall–Kier alpha value is -2.62. The Morgan fingerprint density at radius 1 is 1.04 bits per heavy atom. The molecular formula is C21H25NO3. The van der Waals surface area contributed by atoms with Crippen molar-refractivity contribution in [1.82, 2.24) is 0 Å². The van der Waals surface area contributed by atoms with Crippen molar-refractivity contribution in [3.63, 3.8) is 0 Å². The van der Waals surface area contributed by atoms with Crippen LogP contribution >= 0.6 is 0 Å². The summed E-state index contributed by atoms with van der Waals surface area (Å²) in [6, 6.07) is 16.8. The molecular weight excluding hydrogens is 314 g/mol. The molecule has 0 aliphatic heterocycles. The van der Waals surface area contributed by atoms with Crippen molar-refractivity contribution >= 4 is 17.6 Å². The molecule has 0 radical (unpaired) electrons. The molecule has 4 heteroatoms. The molecule has 0 bridgehead atoms. The average Bonchev–Trinajstić information content (AvgIpc) is 2.60. The van der Waals surface area contributed by atoms with Crippen LogP contribution < -0.4 is 5.32 Å². The van der Waals surface area contributed by atoms with Crippen LogP contribution in [0.25, 0.3) is 0 Å². The van der Waals surface area contributed by atoms with Crippen molar-refractivity contribution in [1.29, 1.82) is 0 Å². The molecule has 2 rings (SSSR count). The van der Waals surface area contributed by atoms with Gasteiger partial charge in [0.15, 0.2) is 0 Å². The van der Waals surface area contributed by atoms with Gasteiger partial charge in [-0.25, -0.2) is 4.79 Å². The fourth-order valence-electron chi connectivity index (χ4n) is 2.49. The molecule has 0 saturated carbocycles. The summed E-state index contributed by atoms with van der Waals surface area (Å²) in [6.45, 7) is 6.15. The number of anilines is 1. The number of amides is 1. The van der Waals surface area contributed by atoms with E-state index in [4.69, 9.17) is 4.74 Å². The van der Waals surface area contributed by atoms with E-state index >= 15 is 0 Å². The second-order valence-electron chi connectivity index (χ2n) is 6.72. The molecule has 0 fully saturated rings. The van der Waals surface area contributed by atoms with Crippen molar-refractivity contribution in [3.05, 3.63) is 65.7 Å². The van der Waals surface area contributed by atoms with E-state index in [1.165, 1.54) is 0 Å². The SMILES string of the molecule is CCCOC(=O)c1cccc(NC(=O)C(C)(C)Cc2ccccc2)c1. The predicted molar refractivity (Wildman–Crippen MR) is 99.6 cm³/mol. The number of carbonyl (C=O) groups is 2. The number of hydrogen-bond acceptors (Lipinski definition) is 3. The molecule has 2 aromatic rings. The lowest BCUT2D eigenvalue weighted by Gasteiger charge is -2.24. The summed E-state index contributed by atoms with van der Waals surface area (Å²) >= 11 is 0. The molecule has 0 aliphatic carbocycles. The number of esters is 1. The Kier molecular flexibility index (Phi) is 6.34. The van der Waals surface area contributed by atoms with Crippen LogP contribution in [0.4, 0.5) is 5.69 Å². The van der Waals surface area contributed by atoms with Crippen molar-refractivity contribution in [3.8, 4) is 0 Å². The maximum absolute atomic E-state index is 12.7. The van der Waals surface area contributed by atoms with Crippen LogP contribution in [0.15, 0.2) is 54.6 Å². The van der Waals surface area contributed by atoms with Crippen molar-refractivity contribution in [2.45, 2.75) is 33.6 Å². The molecule has 0 saturated heterocycles. The first kappa shape index (κ1) is 18.7. The molecule has 0 unspecified atom stereocenters. The van der Waals surface area contributed by atoms with E-state index in [0.29, 0.717) is 24.3 Å². The summed E-state index contributed by atoms with van der Waals surface area (Å²) in [7, 11) is 0. The molecule has 1 amide bonds. The Labute approximate surface area is 149 Å². The maximum atomic E-state index is 12.7. The molecule has 0 spiro atoms. The highest BCUT2D eigenvalue weighted by atomic mass is 16.5. The van der Waals surface area contributed by atoms with Crippen LogP contribution in [0.1, 0.15) is 43.1 Å². The van der Waals surface area contributed by atoms with E-state index in [1.807, 2.05) is 51.1 Å². The topological polar surface area (TPSA) is 55.4 Å². The molecule has 2 aromatic carbocycles. The number of nitrogens with one attached hydrogen (secondary N) is 1. The minimum absolute atomic E-state index is 0.0876. The molecule has 0 aromatic heterocycles. The minimum atomic E-state index is -0.569. The van der Waals surface area contributed by atoms with Gasteiger partial charge in [0.2, 0.25) is 5.91 Å². The van der Waals surface area contributed by atoms with Crippen LogP contribution in [-0.4, -0.2) is 18.5 Å². The summed E-state index contributed by atoms with van der Waals surface area (Å²) in [5.41, 5.74) is 1.57. The van der Waals surface area contributed by atoms with Gasteiger partial charge in [-0.1, -0.05) is 57.2 Å². The molecule has 25 heavy (non-hydrogen) atoms. The van der Waals surface area contributed by atoms with Crippen LogP contribution in [-0.2, 0) is 16.0 Å². The van der Waals surface area contributed by atoms with Crippen LogP contribution in [0.2, 0.25) is 0 Å². The van der Waals surface area contributed by atoms with Crippen molar-refractivity contribution < 1.29 is 14.3 Å². The van der Waals surface area contributed by atoms with Gasteiger partial charge in [-0.05, 0) is 36.6 Å². The van der Waals surface area contributed by atoms with Crippen molar-refractivity contribution in [2.24, 2.45) is 5.41 Å². The largest absolute Gasteiger partial charge is 0.462 e. The van der Waals surface area contributed by atoms with Gasteiger partial charge < -0.3 is 10.1 Å². The molecule has 1 N–H and O–H groups in total. The van der Waals surface area contributed by atoms with E-state index in [0.717, 1.165) is 12.0 Å². The van der Waals surface area contributed by atoms with E-state index < -0.39 is 5.41 Å². The van der Waals surface area contributed by atoms with Crippen molar-refractivity contribution in [2.75, 3.05) is 11.9 Å². The Morgan fingerprint density at radius 3 is 2.44 bits per heavy atom. The van der Waals surface area contributed by atoms with Gasteiger partial charge in [0.05, 0.1) is 12.2 Å². The van der Waals surface area contributed by atoms with Crippen LogP contribution in [0.5, 0.6) is 0 Å². The Bertz CT molecular complexity index is 723. The number of ether oxygens (including phenoxy) is 1. The zero-order valence-electron chi connectivity index (χ0n) is 15.0. The van der Waals surface area contributed by atoms with Crippen LogP contribution in [0.3, 0.4) is 0 Å². The lowest BCUT2D eigenvalue weighted by molar-refractivity contribution is -0.123. The smallest absolute Gasteiger partial charge is 0.338 e. The first-order valence-electron chi connectivity index (χ1n) is 8.55. The van der Waals surface area contributed by atoms with E-state index in [2.05, 4.69) is 5.32 Å². The van der Waals surface area contributed by atoms with Gasteiger partial charge >= 0.3 is 5.97 Å².